The van der Waals surface area contributed by atoms with Crippen molar-refractivity contribution in [2.45, 2.75) is 25.9 Å². The van der Waals surface area contributed by atoms with Crippen LogP contribution in [0, 0.1) is 6.92 Å². The Bertz CT molecular complexity index is 772. The van der Waals surface area contributed by atoms with E-state index >= 15 is 0 Å². The molecule has 2 nitrogen and oxygen atoms in total. The number of aromatic nitrogens is 1. The Hall–Kier alpha value is -1.85. The Labute approximate surface area is 158 Å². The molecule has 26 heavy (non-hydrogen) atoms. The van der Waals surface area contributed by atoms with Crippen molar-refractivity contribution >= 4 is 12.4 Å². The van der Waals surface area contributed by atoms with E-state index in [1.54, 1.807) is 6.07 Å². The van der Waals surface area contributed by atoms with Gasteiger partial charge < -0.3 is 0 Å². The van der Waals surface area contributed by atoms with Crippen molar-refractivity contribution in [2.75, 3.05) is 19.6 Å². The summed E-state index contributed by atoms with van der Waals surface area (Å²) in [7, 11) is 0. The number of halogens is 4. The lowest BCUT2D eigenvalue weighted by Gasteiger charge is -2.22. The second kappa shape index (κ2) is 8.69. The molecule has 0 saturated heterocycles. The standard InChI is InChI=1S/C20H21F3N2.ClH/c1-15-12-17(16-6-5-7-18(13-16)20(21,22)23)14-19(24-15)8-11-25-9-3-2-4-10-25;/h2-3,5-7,12-14H,4,8-11H2,1H3;1H. The van der Waals surface area contributed by atoms with Crippen molar-refractivity contribution in [1.82, 2.24) is 9.88 Å². The molecule has 0 N–H and O–H groups in total. The van der Waals surface area contributed by atoms with E-state index in [0.29, 0.717) is 5.56 Å². The van der Waals surface area contributed by atoms with E-state index in [0.717, 1.165) is 55.5 Å². The first-order chi connectivity index (χ1) is 11.9. The van der Waals surface area contributed by atoms with Crippen molar-refractivity contribution in [3.8, 4) is 11.1 Å². The molecule has 0 amide bonds. The molecule has 6 heteroatoms. The van der Waals surface area contributed by atoms with Gasteiger partial charge in [-0.25, -0.2) is 0 Å². The molecule has 1 aromatic heterocycles. The lowest BCUT2D eigenvalue weighted by Crippen LogP contribution is -2.29. The topological polar surface area (TPSA) is 16.1 Å². The fourth-order valence-electron chi connectivity index (χ4n) is 3.07. The lowest BCUT2D eigenvalue weighted by atomic mass is 10.0. The normalized spacial score (nSPS) is 14.9. The van der Waals surface area contributed by atoms with Crippen molar-refractivity contribution in [1.29, 1.82) is 0 Å². The quantitative estimate of drug-likeness (QED) is 0.667. The summed E-state index contributed by atoms with van der Waals surface area (Å²) in [6, 6.07) is 9.21. The number of aryl methyl sites for hydroxylation is 1. The van der Waals surface area contributed by atoms with E-state index in [1.165, 1.54) is 12.1 Å². The second-order valence-electron chi connectivity index (χ2n) is 6.38. The summed E-state index contributed by atoms with van der Waals surface area (Å²) < 4.78 is 38.8. The van der Waals surface area contributed by atoms with Crippen LogP contribution in [0.1, 0.15) is 23.4 Å². The number of rotatable bonds is 4. The summed E-state index contributed by atoms with van der Waals surface area (Å²) >= 11 is 0. The molecule has 0 saturated carbocycles. The second-order valence-corrected chi connectivity index (χ2v) is 6.38. The van der Waals surface area contributed by atoms with Crippen LogP contribution in [0.2, 0.25) is 0 Å². The first-order valence-electron chi connectivity index (χ1n) is 8.44. The van der Waals surface area contributed by atoms with Gasteiger partial charge in [0.15, 0.2) is 0 Å². The van der Waals surface area contributed by atoms with Crippen LogP contribution in [0.5, 0.6) is 0 Å². The zero-order valence-corrected chi connectivity index (χ0v) is 15.4. The summed E-state index contributed by atoms with van der Waals surface area (Å²) in [5, 5.41) is 0. The van der Waals surface area contributed by atoms with Crippen molar-refractivity contribution in [3.05, 3.63) is 65.5 Å². The minimum absolute atomic E-state index is 0. The van der Waals surface area contributed by atoms with Crippen LogP contribution in [0.25, 0.3) is 11.1 Å². The van der Waals surface area contributed by atoms with Crippen molar-refractivity contribution in [2.24, 2.45) is 0 Å². The Morgan fingerprint density at radius 1 is 1.08 bits per heavy atom. The number of nitrogens with zero attached hydrogens (tertiary/aromatic N) is 2. The molecule has 0 atom stereocenters. The molecule has 0 aliphatic carbocycles. The Morgan fingerprint density at radius 3 is 2.58 bits per heavy atom. The summed E-state index contributed by atoms with van der Waals surface area (Å²) in [6.07, 6.45) is 1.88. The van der Waals surface area contributed by atoms with Gasteiger partial charge in [0.2, 0.25) is 0 Å². The summed E-state index contributed by atoms with van der Waals surface area (Å²) in [6.45, 7) is 4.78. The van der Waals surface area contributed by atoms with Gasteiger partial charge in [-0.3, -0.25) is 9.88 Å². The minimum atomic E-state index is -4.33. The maximum absolute atomic E-state index is 12.9. The van der Waals surface area contributed by atoms with Gasteiger partial charge in [0.1, 0.15) is 0 Å². The van der Waals surface area contributed by atoms with E-state index in [9.17, 15) is 13.2 Å². The van der Waals surface area contributed by atoms with Crippen molar-refractivity contribution < 1.29 is 13.2 Å². The molecule has 0 unspecified atom stereocenters. The molecular weight excluding hydrogens is 361 g/mol. The Morgan fingerprint density at radius 2 is 1.88 bits per heavy atom. The van der Waals surface area contributed by atoms with Gasteiger partial charge >= 0.3 is 6.18 Å². The van der Waals surface area contributed by atoms with Gasteiger partial charge in [0.25, 0.3) is 0 Å². The molecule has 2 heterocycles. The summed E-state index contributed by atoms with van der Waals surface area (Å²) in [5.41, 5.74) is 2.47. The third kappa shape index (κ3) is 5.32. The maximum Gasteiger partial charge on any atom is 0.416 e. The van der Waals surface area contributed by atoms with Gasteiger partial charge in [-0.1, -0.05) is 24.3 Å². The van der Waals surface area contributed by atoms with Gasteiger partial charge in [-0.05, 0) is 48.7 Å². The van der Waals surface area contributed by atoms with Gasteiger partial charge in [-0.2, -0.15) is 13.2 Å². The first-order valence-corrected chi connectivity index (χ1v) is 8.44. The van der Waals surface area contributed by atoms with Gasteiger partial charge in [-0.15, -0.1) is 12.4 Å². The maximum atomic E-state index is 12.9. The molecule has 0 fully saturated rings. The summed E-state index contributed by atoms with van der Waals surface area (Å²) in [5.74, 6) is 0. The molecule has 1 aromatic carbocycles. The molecule has 1 aliphatic rings. The zero-order chi connectivity index (χ0) is 17.9. The number of benzene rings is 1. The first kappa shape index (κ1) is 20.5. The lowest BCUT2D eigenvalue weighted by molar-refractivity contribution is -0.137. The van der Waals surface area contributed by atoms with E-state index in [4.69, 9.17) is 0 Å². The Kier molecular flexibility index (Phi) is 6.84. The third-order valence-corrected chi connectivity index (χ3v) is 4.36. The van der Waals surface area contributed by atoms with Crippen LogP contribution in [-0.2, 0) is 12.6 Å². The van der Waals surface area contributed by atoms with Crippen LogP contribution in [0.3, 0.4) is 0 Å². The fourth-order valence-corrected chi connectivity index (χ4v) is 3.07. The van der Waals surface area contributed by atoms with Gasteiger partial charge in [0, 0.05) is 37.4 Å². The van der Waals surface area contributed by atoms with Crippen LogP contribution >= 0.6 is 12.4 Å². The van der Waals surface area contributed by atoms with E-state index in [-0.39, 0.29) is 12.4 Å². The van der Waals surface area contributed by atoms with E-state index in [2.05, 4.69) is 22.0 Å². The summed E-state index contributed by atoms with van der Waals surface area (Å²) in [4.78, 5) is 6.90. The molecular formula is C20H22ClF3N2. The number of hydrogen-bond acceptors (Lipinski definition) is 2. The van der Waals surface area contributed by atoms with Crippen molar-refractivity contribution in [3.63, 3.8) is 0 Å². The van der Waals surface area contributed by atoms with Crippen LogP contribution in [0.15, 0.2) is 48.6 Å². The molecule has 0 radical (unpaired) electrons. The fraction of sp³-hybridized carbons (Fsp3) is 0.350. The van der Waals surface area contributed by atoms with Crippen LogP contribution in [0.4, 0.5) is 13.2 Å². The highest BCUT2D eigenvalue weighted by molar-refractivity contribution is 5.85. The largest absolute Gasteiger partial charge is 0.416 e. The van der Waals surface area contributed by atoms with Gasteiger partial charge in [0.05, 0.1) is 5.56 Å². The average molecular weight is 383 g/mol. The zero-order valence-electron chi connectivity index (χ0n) is 14.6. The molecule has 0 spiro atoms. The number of alkyl halides is 3. The highest BCUT2D eigenvalue weighted by atomic mass is 35.5. The predicted molar refractivity (Wildman–Crippen MR) is 101 cm³/mol. The predicted octanol–water partition coefficient (Wildman–Crippen LogP) is 5.30. The van der Waals surface area contributed by atoms with E-state index in [1.807, 2.05) is 19.1 Å². The van der Waals surface area contributed by atoms with Crippen LogP contribution in [-0.4, -0.2) is 29.5 Å². The molecule has 3 rings (SSSR count). The number of hydrogen-bond donors (Lipinski definition) is 0. The average Bonchev–Trinajstić information content (AvgIpc) is 2.60. The number of pyridine rings is 1. The SMILES string of the molecule is Cc1cc(-c2cccc(C(F)(F)F)c2)cc(CCN2CC=CCC2)n1.Cl. The third-order valence-electron chi connectivity index (χ3n) is 4.36. The highest BCUT2D eigenvalue weighted by Crippen LogP contribution is 2.32. The minimum Gasteiger partial charge on any atom is -0.299 e. The molecule has 2 aromatic rings. The highest BCUT2D eigenvalue weighted by Gasteiger charge is 2.30. The molecule has 140 valence electrons. The molecule has 1 aliphatic heterocycles. The van der Waals surface area contributed by atoms with Crippen LogP contribution < -0.4 is 0 Å². The smallest absolute Gasteiger partial charge is 0.299 e. The Balaban J connectivity index is 0.00000243. The molecule has 0 bridgehead atoms. The van der Waals surface area contributed by atoms with E-state index < -0.39 is 11.7 Å². The monoisotopic (exact) mass is 382 g/mol.